The summed E-state index contributed by atoms with van der Waals surface area (Å²) in [6, 6.07) is 8.05. The number of hydrogen-bond donors (Lipinski definition) is 1. The van der Waals surface area contributed by atoms with Crippen molar-refractivity contribution in [1.29, 1.82) is 0 Å². The number of benzene rings is 1. The van der Waals surface area contributed by atoms with E-state index in [2.05, 4.69) is 39.4 Å². The van der Waals surface area contributed by atoms with Crippen LogP contribution in [0.2, 0.25) is 0 Å². The van der Waals surface area contributed by atoms with Crippen LogP contribution in [0.15, 0.2) is 27.6 Å². The summed E-state index contributed by atoms with van der Waals surface area (Å²) in [5.41, 5.74) is 1.49. The van der Waals surface area contributed by atoms with Crippen molar-refractivity contribution in [3.8, 4) is 0 Å². The molecule has 0 amide bonds. The zero-order valence-electron chi connectivity index (χ0n) is 8.50. The van der Waals surface area contributed by atoms with Gasteiger partial charge in [0.25, 0.3) is 0 Å². The van der Waals surface area contributed by atoms with Gasteiger partial charge >= 0.3 is 0 Å². The minimum absolute atomic E-state index is 0.589. The first-order valence-corrected chi connectivity index (χ1v) is 7.29. The summed E-state index contributed by atoms with van der Waals surface area (Å²) in [7, 11) is 0. The maximum Gasteiger partial charge on any atom is 0.0342 e. The van der Waals surface area contributed by atoms with Gasteiger partial charge in [-0.25, -0.2) is 0 Å². The van der Waals surface area contributed by atoms with Crippen molar-refractivity contribution in [2.45, 2.75) is 36.2 Å². The lowest BCUT2D eigenvalue weighted by Gasteiger charge is -2.26. The predicted molar refractivity (Wildman–Crippen MR) is 68.4 cm³/mol. The lowest BCUT2D eigenvalue weighted by atomic mass is 10.0. The molecule has 1 heterocycles. The highest BCUT2D eigenvalue weighted by atomic mass is 79.9. The van der Waals surface area contributed by atoms with Crippen LogP contribution in [0.3, 0.4) is 0 Å². The highest BCUT2D eigenvalue weighted by Crippen LogP contribution is 2.39. The average molecular weight is 284 g/mol. The van der Waals surface area contributed by atoms with E-state index in [4.69, 9.17) is 0 Å². The first-order chi connectivity index (χ1) is 7.33. The Labute approximate surface area is 103 Å². The molecule has 1 fully saturated rings. The Morgan fingerprint density at radius 1 is 1.27 bits per heavy atom. The molecule has 1 nitrogen and oxygen atoms in total. The van der Waals surface area contributed by atoms with Crippen molar-refractivity contribution in [1.82, 2.24) is 5.32 Å². The van der Waals surface area contributed by atoms with Crippen molar-refractivity contribution in [3.63, 3.8) is 0 Å². The third-order valence-corrected chi connectivity index (χ3v) is 4.64. The van der Waals surface area contributed by atoms with Crippen molar-refractivity contribution in [2.75, 3.05) is 5.75 Å². The minimum Gasteiger partial charge on any atom is -0.307 e. The van der Waals surface area contributed by atoms with E-state index in [1.165, 1.54) is 39.9 Å². The topological polar surface area (TPSA) is 12.0 Å². The van der Waals surface area contributed by atoms with Crippen LogP contribution in [0.25, 0.3) is 0 Å². The van der Waals surface area contributed by atoms with E-state index in [1.807, 2.05) is 11.8 Å². The van der Waals surface area contributed by atoms with Crippen LogP contribution in [0.5, 0.6) is 0 Å². The zero-order chi connectivity index (χ0) is 10.3. The van der Waals surface area contributed by atoms with Crippen molar-refractivity contribution >= 4 is 27.7 Å². The summed E-state index contributed by atoms with van der Waals surface area (Å²) >= 11 is 5.55. The van der Waals surface area contributed by atoms with Crippen LogP contribution in [-0.4, -0.2) is 11.8 Å². The highest BCUT2D eigenvalue weighted by molar-refractivity contribution is 9.10. The van der Waals surface area contributed by atoms with Gasteiger partial charge < -0.3 is 5.32 Å². The molecule has 1 aromatic carbocycles. The maximum absolute atomic E-state index is 3.74. The van der Waals surface area contributed by atoms with E-state index < -0.39 is 0 Å². The molecule has 80 valence electrons. The van der Waals surface area contributed by atoms with Gasteiger partial charge in [0.05, 0.1) is 0 Å². The number of fused-ring (bicyclic) bond motifs is 1. The molecule has 1 aliphatic heterocycles. The van der Waals surface area contributed by atoms with Crippen molar-refractivity contribution in [3.05, 3.63) is 28.2 Å². The molecule has 1 aromatic rings. The van der Waals surface area contributed by atoms with Crippen LogP contribution in [-0.2, 0) is 0 Å². The van der Waals surface area contributed by atoms with Gasteiger partial charge in [0, 0.05) is 21.5 Å². The summed E-state index contributed by atoms with van der Waals surface area (Å²) in [6.07, 6.45) is 4.00. The molecule has 3 heteroatoms. The van der Waals surface area contributed by atoms with E-state index >= 15 is 0 Å². The van der Waals surface area contributed by atoms with Gasteiger partial charge in [0.1, 0.15) is 0 Å². The maximum atomic E-state index is 3.74. The fourth-order valence-corrected chi connectivity index (χ4v) is 3.56. The van der Waals surface area contributed by atoms with E-state index in [9.17, 15) is 0 Å². The van der Waals surface area contributed by atoms with Crippen LogP contribution in [0, 0.1) is 0 Å². The Kier molecular flexibility index (Phi) is 2.79. The molecule has 1 saturated carbocycles. The smallest absolute Gasteiger partial charge is 0.0342 e. The number of thioether (sulfide) groups is 1. The Bertz CT molecular complexity index is 376. The lowest BCUT2D eigenvalue weighted by Crippen LogP contribution is -2.26. The second-order valence-corrected chi connectivity index (χ2v) is 6.37. The van der Waals surface area contributed by atoms with Crippen molar-refractivity contribution in [2.24, 2.45) is 0 Å². The molecule has 3 rings (SSSR count). The van der Waals surface area contributed by atoms with Gasteiger partial charge in [-0.1, -0.05) is 15.9 Å². The Balaban J connectivity index is 1.89. The summed E-state index contributed by atoms with van der Waals surface area (Å²) in [5.74, 6) is 1.25. The largest absolute Gasteiger partial charge is 0.307 e. The number of halogens is 1. The van der Waals surface area contributed by atoms with E-state index in [0.29, 0.717) is 6.04 Å². The third-order valence-electron chi connectivity index (χ3n) is 3.03. The van der Waals surface area contributed by atoms with Gasteiger partial charge in [-0.3, -0.25) is 0 Å². The molecule has 0 spiro atoms. The van der Waals surface area contributed by atoms with Crippen LogP contribution in [0.1, 0.15) is 30.9 Å². The number of rotatable bonds is 2. The normalized spacial score (nSPS) is 25.0. The zero-order valence-corrected chi connectivity index (χ0v) is 10.9. The van der Waals surface area contributed by atoms with Gasteiger partial charge in [-0.2, -0.15) is 0 Å². The van der Waals surface area contributed by atoms with Crippen LogP contribution in [0.4, 0.5) is 0 Å². The average Bonchev–Trinajstić information content (AvgIpc) is 3.03. The van der Waals surface area contributed by atoms with Gasteiger partial charge in [-0.15, -0.1) is 11.8 Å². The molecule has 1 N–H and O–H groups in total. The van der Waals surface area contributed by atoms with Crippen LogP contribution < -0.4 is 5.32 Å². The van der Waals surface area contributed by atoms with E-state index in [0.717, 1.165) is 6.04 Å². The second kappa shape index (κ2) is 4.11. The molecule has 2 aliphatic rings. The molecule has 0 saturated heterocycles. The number of nitrogens with one attached hydrogen (secondary N) is 1. The Morgan fingerprint density at radius 3 is 2.93 bits per heavy atom. The second-order valence-electron chi connectivity index (χ2n) is 4.31. The molecule has 1 atom stereocenters. The molecule has 0 aromatic heterocycles. The summed E-state index contributed by atoms with van der Waals surface area (Å²) in [5, 5.41) is 3.74. The third kappa shape index (κ3) is 2.24. The molecular formula is C12H14BrNS. The minimum atomic E-state index is 0.589. The number of hydrogen-bond acceptors (Lipinski definition) is 2. The first-order valence-electron chi connectivity index (χ1n) is 5.51. The quantitative estimate of drug-likeness (QED) is 0.888. The lowest BCUT2D eigenvalue weighted by molar-refractivity contribution is 0.507. The van der Waals surface area contributed by atoms with Gasteiger partial charge in [0.2, 0.25) is 0 Å². The standard InChI is InChI=1S/C12H14BrNS/c13-8-1-4-12-10(7-8)11(5-6-15-12)14-9-2-3-9/h1,4,7,9,11,14H,2-3,5-6H2. The molecule has 15 heavy (non-hydrogen) atoms. The summed E-state index contributed by atoms with van der Waals surface area (Å²) < 4.78 is 1.20. The SMILES string of the molecule is Brc1ccc2c(c1)C(NC1CC1)CCS2. The Morgan fingerprint density at radius 2 is 2.13 bits per heavy atom. The predicted octanol–water partition coefficient (Wildman–Crippen LogP) is 3.74. The molecular weight excluding hydrogens is 270 g/mol. The molecule has 0 bridgehead atoms. The molecule has 1 unspecified atom stereocenters. The molecule has 1 aliphatic carbocycles. The fraction of sp³-hybridized carbons (Fsp3) is 0.500. The summed E-state index contributed by atoms with van der Waals surface area (Å²) in [6.45, 7) is 0. The summed E-state index contributed by atoms with van der Waals surface area (Å²) in [4.78, 5) is 1.46. The van der Waals surface area contributed by atoms with Gasteiger partial charge in [-0.05, 0) is 48.8 Å². The fourth-order valence-electron chi connectivity index (χ4n) is 2.07. The first kappa shape index (κ1) is 10.2. The monoisotopic (exact) mass is 283 g/mol. The van der Waals surface area contributed by atoms with E-state index in [1.54, 1.807) is 0 Å². The van der Waals surface area contributed by atoms with E-state index in [-0.39, 0.29) is 0 Å². The highest BCUT2D eigenvalue weighted by Gasteiger charge is 2.28. The Hall–Kier alpha value is 0.01000. The molecule has 0 radical (unpaired) electrons. The van der Waals surface area contributed by atoms with Crippen molar-refractivity contribution < 1.29 is 0 Å². The van der Waals surface area contributed by atoms with Gasteiger partial charge in [0.15, 0.2) is 0 Å². The van der Waals surface area contributed by atoms with Crippen LogP contribution >= 0.6 is 27.7 Å².